The van der Waals surface area contributed by atoms with Crippen molar-refractivity contribution in [2.45, 2.75) is 0 Å². The Morgan fingerprint density at radius 1 is 1.21 bits per heavy atom. The minimum atomic E-state index is -0.814. The molecule has 1 fully saturated rings. The van der Waals surface area contributed by atoms with Crippen molar-refractivity contribution >= 4 is 33.8 Å². The summed E-state index contributed by atoms with van der Waals surface area (Å²) in [6.07, 6.45) is 0. The van der Waals surface area contributed by atoms with Crippen LogP contribution in [-0.2, 0) is 9.59 Å². The Balaban J connectivity index is 1.91. The summed E-state index contributed by atoms with van der Waals surface area (Å²) in [6.45, 7) is 0.176. The number of halogens is 1. The Morgan fingerprint density at radius 2 is 1.95 bits per heavy atom. The Hall–Kier alpha value is -1.89. The minimum absolute atomic E-state index is 0.0419. The molecule has 1 aliphatic heterocycles. The fourth-order valence-electron chi connectivity index (χ4n) is 1.62. The van der Waals surface area contributed by atoms with Crippen LogP contribution in [-0.4, -0.2) is 47.8 Å². The minimum Gasteiger partial charge on any atom is -0.492 e. The van der Waals surface area contributed by atoms with Crippen LogP contribution in [0.3, 0.4) is 0 Å². The zero-order chi connectivity index (χ0) is 14.0. The van der Waals surface area contributed by atoms with Gasteiger partial charge in [0.05, 0.1) is 6.54 Å². The molecule has 1 saturated heterocycles. The van der Waals surface area contributed by atoms with E-state index in [0.29, 0.717) is 5.75 Å². The summed E-state index contributed by atoms with van der Waals surface area (Å²) in [7, 11) is 1.28. The SMILES string of the molecule is CN1C(=O)C(=O)N(CCOc2cccc(Br)c2)C1=O. The number of rotatable bonds is 4. The van der Waals surface area contributed by atoms with Gasteiger partial charge in [0.25, 0.3) is 0 Å². The zero-order valence-corrected chi connectivity index (χ0v) is 11.7. The molecule has 7 heteroatoms. The number of carbonyl (C=O) groups is 3. The topological polar surface area (TPSA) is 66.9 Å². The van der Waals surface area contributed by atoms with Gasteiger partial charge in [0.1, 0.15) is 12.4 Å². The number of nitrogens with zero attached hydrogens (tertiary/aromatic N) is 2. The first kappa shape index (κ1) is 13.5. The summed E-state index contributed by atoms with van der Waals surface area (Å²) in [5.41, 5.74) is 0. The largest absolute Gasteiger partial charge is 0.492 e. The van der Waals surface area contributed by atoms with E-state index in [1.165, 1.54) is 7.05 Å². The number of benzene rings is 1. The predicted octanol–water partition coefficient (Wildman–Crippen LogP) is 1.25. The lowest BCUT2D eigenvalue weighted by Gasteiger charge is -2.13. The summed E-state index contributed by atoms with van der Waals surface area (Å²) < 4.78 is 6.28. The van der Waals surface area contributed by atoms with Crippen molar-refractivity contribution in [2.24, 2.45) is 0 Å². The molecule has 2 rings (SSSR count). The number of likely N-dealkylation sites (N-methyl/N-ethyl adjacent to an activating group) is 1. The highest BCUT2D eigenvalue weighted by Gasteiger charge is 2.41. The third-order valence-electron chi connectivity index (χ3n) is 2.63. The molecule has 6 nitrogen and oxygen atoms in total. The van der Waals surface area contributed by atoms with E-state index < -0.39 is 17.8 Å². The summed E-state index contributed by atoms with van der Waals surface area (Å²) in [6, 6.07) is 6.57. The predicted molar refractivity (Wildman–Crippen MR) is 69.5 cm³/mol. The first-order chi connectivity index (χ1) is 9.00. The number of carbonyl (C=O) groups excluding carboxylic acids is 3. The molecule has 4 amide bonds. The molecule has 1 aliphatic rings. The van der Waals surface area contributed by atoms with Gasteiger partial charge in [0, 0.05) is 11.5 Å². The molecule has 0 atom stereocenters. The van der Waals surface area contributed by atoms with E-state index >= 15 is 0 Å². The number of hydrogen-bond donors (Lipinski definition) is 0. The van der Waals surface area contributed by atoms with E-state index in [1.807, 2.05) is 12.1 Å². The van der Waals surface area contributed by atoms with E-state index in [9.17, 15) is 14.4 Å². The van der Waals surface area contributed by atoms with E-state index in [0.717, 1.165) is 14.3 Å². The van der Waals surface area contributed by atoms with E-state index in [4.69, 9.17) is 4.74 Å². The van der Waals surface area contributed by atoms with Gasteiger partial charge in [-0.3, -0.25) is 19.4 Å². The van der Waals surface area contributed by atoms with E-state index in [2.05, 4.69) is 15.9 Å². The number of ether oxygens (including phenoxy) is 1. The van der Waals surface area contributed by atoms with Crippen LogP contribution in [0.1, 0.15) is 0 Å². The molecule has 0 aromatic heterocycles. The lowest BCUT2D eigenvalue weighted by molar-refractivity contribution is -0.142. The smallest absolute Gasteiger partial charge is 0.334 e. The van der Waals surface area contributed by atoms with E-state index in [-0.39, 0.29) is 13.2 Å². The third-order valence-corrected chi connectivity index (χ3v) is 3.12. The number of hydrogen-bond acceptors (Lipinski definition) is 4. The average Bonchev–Trinajstić information content (AvgIpc) is 2.56. The Bertz CT molecular complexity index is 546. The molecular formula is C12H11BrN2O4. The van der Waals surface area contributed by atoms with Crippen molar-refractivity contribution in [3.05, 3.63) is 28.7 Å². The van der Waals surface area contributed by atoms with E-state index in [1.54, 1.807) is 12.1 Å². The molecule has 0 N–H and O–H groups in total. The number of amides is 4. The van der Waals surface area contributed by atoms with Crippen molar-refractivity contribution < 1.29 is 19.1 Å². The van der Waals surface area contributed by atoms with Crippen LogP contribution in [0, 0.1) is 0 Å². The fourth-order valence-corrected chi connectivity index (χ4v) is 2.00. The zero-order valence-electron chi connectivity index (χ0n) is 10.1. The molecule has 0 saturated carbocycles. The molecule has 0 spiro atoms. The lowest BCUT2D eigenvalue weighted by atomic mass is 10.3. The molecule has 0 bridgehead atoms. The van der Waals surface area contributed by atoms with Crippen molar-refractivity contribution in [2.75, 3.05) is 20.2 Å². The maximum absolute atomic E-state index is 11.6. The number of imide groups is 2. The molecule has 19 heavy (non-hydrogen) atoms. The maximum atomic E-state index is 11.6. The second kappa shape index (κ2) is 5.40. The van der Waals surface area contributed by atoms with Crippen LogP contribution < -0.4 is 4.74 Å². The van der Waals surface area contributed by atoms with Gasteiger partial charge in [-0.15, -0.1) is 0 Å². The first-order valence-electron chi connectivity index (χ1n) is 5.52. The Labute approximate surface area is 118 Å². The second-order valence-corrected chi connectivity index (χ2v) is 4.83. The molecule has 0 unspecified atom stereocenters. The van der Waals surface area contributed by atoms with Crippen LogP contribution in [0.4, 0.5) is 4.79 Å². The van der Waals surface area contributed by atoms with Gasteiger partial charge in [0.15, 0.2) is 0 Å². The van der Waals surface area contributed by atoms with Crippen LogP contribution >= 0.6 is 15.9 Å². The van der Waals surface area contributed by atoms with Gasteiger partial charge in [-0.25, -0.2) is 4.79 Å². The highest BCUT2D eigenvalue weighted by molar-refractivity contribution is 9.10. The summed E-state index contributed by atoms with van der Waals surface area (Å²) in [4.78, 5) is 36.0. The maximum Gasteiger partial charge on any atom is 0.334 e. The van der Waals surface area contributed by atoms with Gasteiger partial charge >= 0.3 is 17.8 Å². The molecular weight excluding hydrogens is 316 g/mol. The van der Waals surface area contributed by atoms with Crippen molar-refractivity contribution in [3.8, 4) is 5.75 Å². The quantitative estimate of drug-likeness (QED) is 0.617. The van der Waals surface area contributed by atoms with Gasteiger partial charge in [0.2, 0.25) is 0 Å². The fraction of sp³-hybridized carbons (Fsp3) is 0.250. The monoisotopic (exact) mass is 326 g/mol. The highest BCUT2D eigenvalue weighted by Crippen LogP contribution is 2.18. The summed E-state index contributed by atoms with van der Waals surface area (Å²) in [5, 5.41) is 0. The van der Waals surface area contributed by atoms with Gasteiger partial charge in [-0.05, 0) is 18.2 Å². The lowest BCUT2D eigenvalue weighted by Crippen LogP contribution is -2.35. The van der Waals surface area contributed by atoms with Crippen molar-refractivity contribution in [1.82, 2.24) is 9.80 Å². The third kappa shape index (κ3) is 2.76. The average molecular weight is 327 g/mol. The Morgan fingerprint density at radius 3 is 2.53 bits per heavy atom. The van der Waals surface area contributed by atoms with Crippen LogP contribution in [0.25, 0.3) is 0 Å². The molecule has 0 aliphatic carbocycles. The molecule has 0 radical (unpaired) electrons. The van der Waals surface area contributed by atoms with Crippen molar-refractivity contribution in [1.29, 1.82) is 0 Å². The Kier molecular flexibility index (Phi) is 3.84. The van der Waals surface area contributed by atoms with Crippen LogP contribution in [0.2, 0.25) is 0 Å². The van der Waals surface area contributed by atoms with Gasteiger partial charge in [-0.2, -0.15) is 0 Å². The summed E-state index contributed by atoms with van der Waals surface area (Å²) >= 11 is 3.31. The second-order valence-electron chi connectivity index (χ2n) is 3.91. The normalized spacial score (nSPS) is 15.4. The standard InChI is InChI=1S/C12H11BrN2O4/c1-14-10(16)11(17)15(12(14)18)5-6-19-9-4-2-3-8(13)7-9/h2-4,7H,5-6H2,1H3. The van der Waals surface area contributed by atoms with Crippen molar-refractivity contribution in [3.63, 3.8) is 0 Å². The van der Waals surface area contributed by atoms with Crippen LogP contribution in [0.15, 0.2) is 28.7 Å². The molecule has 1 aromatic rings. The van der Waals surface area contributed by atoms with Gasteiger partial charge < -0.3 is 4.74 Å². The number of urea groups is 1. The molecule has 1 heterocycles. The van der Waals surface area contributed by atoms with Gasteiger partial charge in [-0.1, -0.05) is 22.0 Å². The summed E-state index contributed by atoms with van der Waals surface area (Å²) in [5.74, 6) is -1.01. The van der Waals surface area contributed by atoms with Crippen LogP contribution in [0.5, 0.6) is 5.75 Å². The molecule has 100 valence electrons. The first-order valence-corrected chi connectivity index (χ1v) is 6.32. The molecule has 1 aromatic carbocycles. The highest BCUT2D eigenvalue weighted by atomic mass is 79.9.